The highest BCUT2D eigenvalue weighted by Crippen LogP contribution is 2.20. The molecule has 0 aliphatic carbocycles. The monoisotopic (exact) mass is 315 g/mol. The Hall–Kier alpha value is -0.950. The van der Waals surface area contributed by atoms with Crippen LogP contribution < -0.4 is 0 Å². The van der Waals surface area contributed by atoms with Gasteiger partial charge in [-0.2, -0.15) is 4.31 Å². The second-order valence-electron chi connectivity index (χ2n) is 5.49. The molecule has 0 saturated carbocycles. The number of hydrogen-bond acceptors (Lipinski definition) is 4. The quantitative estimate of drug-likeness (QED) is 0.797. The Bertz CT molecular complexity index is 523. The third-order valence-electron chi connectivity index (χ3n) is 3.11. The average molecular weight is 315 g/mol. The minimum atomic E-state index is -3.54. The summed E-state index contributed by atoms with van der Waals surface area (Å²) in [7, 11) is -1.99. The van der Waals surface area contributed by atoms with E-state index in [2.05, 4.69) is 0 Å². The van der Waals surface area contributed by atoms with Gasteiger partial charge in [0, 0.05) is 20.2 Å². The van der Waals surface area contributed by atoms with Gasteiger partial charge in [0.1, 0.15) is 0 Å². The maximum absolute atomic E-state index is 12.7. The van der Waals surface area contributed by atoms with Gasteiger partial charge in [0.15, 0.2) is 0 Å². The van der Waals surface area contributed by atoms with Crippen LogP contribution in [0.4, 0.5) is 0 Å². The summed E-state index contributed by atoms with van der Waals surface area (Å²) in [5.74, 6) is 0.230. The van der Waals surface area contributed by atoms with Crippen molar-refractivity contribution >= 4 is 10.0 Å². The van der Waals surface area contributed by atoms with E-state index in [0.29, 0.717) is 25.3 Å². The zero-order chi connectivity index (χ0) is 16.0. The molecule has 6 heteroatoms. The molecule has 0 bridgehead atoms. The van der Waals surface area contributed by atoms with Gasteiger partial charge in [-0.15, -0.1) is 0 Å². The van der Waals surface area contributed by atoms with Crippen LogP contribution in [0.5, 0.6) is 0 Å². The number of rotatable bonds is 8. The normalized spacial score (nSPS) is 13.9. The summed E-state index contributed by atoms with van der Waals surface area (Å²) < 4.78 is 31.8. The van der Waals surface area contributed by atoms with Gasteiger partial charge in [0.25, 0.3) is 0 Å². The van der Waals surface area contributed by atoms with Crippen LogP contribution in [0.3, 0.4) is 0 Å². The van der Waals surface area contributed by atoms with Crippen LogP contribution in [-0.4, -0.2) is 44.6 Å². The number of sulfonamides is 1. The molecule has 1 unspecified atom stereocenters. The van der Waals surface area contributed by atoms with E-state index in [9.17, 15) is 13.5 Å². The third kappa shape index (κ3) is 5.07. The predicted octanol–water partition coefficient (Wildman–Crippen LogP) is 2.03. The lowest BCUT2D eigenvalue weighted by Crippen LogP contribution is -2.36. The lowest BCUT2D eigenvalue weighted by Gasteiger charge is -2.23. The predicted molar refractivity (Wildman–Crippen MR) is 82.5 cm³/mol. The third-order valence-corrected chi connectivity index (χ3v) is 4.99. The molecule has 21 heavy (non-hydrogen) atoms. The molecule has 0 heterocycles. The Morgan fingerprint density at radius 3 is 2.19 bits per heavy atom. The summed E-state index contributed by atoms with van der Waals surface area (Å²) in [6, 6.07) is 6.36. The molecule has 1 aromatic rings. The molecule has 0 spiro atoms. The SMILES string of the molecule is COCCN(CC(C)C)S(=O)(=O)c1ccc(C(C)O)cc1. The summed E-state index contributed by atoms with van der Waals surface area (Å²) >= 11 is 0. The fourth-order valence-electron chi connectivity index (χ4n) is 1.98. The standard InChI is InChI=1S/C15H25NO4S/c1-12(2)11-16(9-10-20-4)21(18,19)15-7-5-14(6-8-15)13(3)17/h5-8,12-13,17H,9-11H2,1-4H3. The van der Waals surface area contributed by atoms with Gasteiger partial charge in [-0.1, -0.05) is 26.0 Å². The van der Waals surface area contributed by atoms with E-state index in [-0.39, 0.29) is 10.8 Å². The molecule has 0 radical (unpaired) electrons. The van der Waals surface area contributed by atoms with E-state index in [0.717, 1.165) is 0 Å². The van der Waals surface area contributed by atoms with Gasteiger partial charge >= 0.3 is 0 Å². The van der Waals surface area contributed by atoms with Crippen LogP contribution in [-0.2, 0) is 14.8 Å². The highest BCUT2D eigenvalue weighted by atomic mass is 32.2. The summed E-state index contributed by atoms with van der Waals surface area (Å²) in [6.07, 6.45) is -0.609. The van der Waals surface area contributed by atoms with Crippen LogP contribution in [0.1, 0.15) is 32.4 Å². The first-order chi connectivity index (χ1) is 9.78. The zero-order valence-electron chi connectivity index (χ0n) is 13.1. The minimum absolute atomic E-state index is 0.230. The number of benzene rings is 1. The van der Waals surface area contributed by atoms with E-state index >= 15 is 0 Å². The highest BCUT2D eigenvalue weighted by molar-refractivity contribution is 7.89. The van der Waals surface area contributed by atoms with Gasteiger partial charge in [-0.25, -0.2) is 8.42 Å². The molecule has 120 valence electrons. The van der Waals surface area contributed by atoms with E-state index < -0.39 is 16.1 Å². The van der Waals surface area contributed by atoms with Crippen molar-refractivity contribution in [1.29, 1.82) is 0 Å². The van der Waals surface area contributed by atoms with Crippen molar-refractivity contribution in [3.05, 3.63) is 29.8 Å². The van der Waals surface area contributed by atoms with Gasteiger partial charge in [-0.05, 0) is 30.5 Å². The molecule has 1 N–H and O–H groups in total. The average Bonchev–Trinajstić information content (AvgIpc) is 2.43. The number of methoxy groups -OCH3 is 1. The van der Waals surface area contributed by atoms with E-state index in [1.807, 2.05) is 13.8 Å². The van der Waals surface area contributed by atoms with Gasteiger partial charge < -0.3 is 9.84 Å². The van der Waals surface area contributed by atoms with Crippen LogP contribution in [0.25, 0.3) is 0 Å². The Labute approximate surface area is 127 Å². The molecule has 0 aliphatic heterocycles. The van der Waals surface area contributed by atoms with Crippen LogP contribution in [0, 0.1) is 5.92 Å². The van der Waals surface area contributed by atoms with Crippen molar-refractivity contribution in [1.82, 2.24) is 4.31 Å². The van der Waals surface area contributed by atoms with Crippen LogP contribution in [0.15, 0.2) is 29.2 Å². The molecule has 0 aromatic heterocycles. The smallest absolute Gasteiger partial charge is 0.243 e. The number of aliphatic hydroxyl groups is 1. The molecule has 0 amide bonds. The largest absolute Gasteiger partial charge is 0.389 e. The van der Waals surface area contributed by atoms with Crippen molar-refractivity contribution in [2.75, 3.05) is 26.8 Å². The molecular formula is C15H25NO4S. The molecule has 5 nitrogen and oxygen atoms in total. The Balaban J connectivity index is 3.03. The Morgan fingerprint density at radius 2 is 1.76 bits per heavy atom. The maximum Gasteiger partial charge on any atom is 0.243 e. The van der Waals surface area contributed by atoms with Crippen molar-refractivity contribution in [2.24, 2.45) is 5.92 Å². The summed E-state index contributed by atoms with van der Waals surface area (Å²) in [5, 5.41) is 9.49. The van der Waals surface area contributed by atoms with E-state index in [1.54, 1.807) is 26.2 Å². The molecule has 0 saturated heterocycles. The summed E-state index contributed by atoms with van der Waals surface area (Å²) in [4.78, 5) is 0.239. The maximum atomic E-state index is 12.7. The van der Waals surface area contributed by atoms with Crippen molar-refractivity contribution in [3.63, 3.8) is 0 Å². The molecule has 0 aliphatic rings. The fraction of sp³-hybridized carbons (Fsp3) is 0.600. The highest BCUT2D eigenvalue weighted by Gasteiger charge is 2.24. The molecular weight excluding hydrogens is 290 g/mol. The van der Waals surface area contributed by atoms with Crippen LogP contribution in [0.2, 0.25) is 0 Å². The van der Waals surface area contributed by atoms with E-state index in [1.165, 1.54) is 16.4 Å². The second-order valence-corrected chi connectivity index (χ2v) is 7.43. The minimum Gasteiger partial charge on any atom is -0.389 e. The van der Waals surface area contributed by atoms with Crippen molar-refractivity contribution in [2.45, 2.75) is 31.8 Å². The van der Waals surface area contributed by atoms with Crippen molar-refractivity contribution in [3.8, 4) is 0 Å². The number of hydrogen-bond donors (Lipinski definition) is 1. The number of ether oxygens (including phenoxy) is 1. The first-order valence-corrected chi connectivity index (χ1v) is 8.50. The summed E-state index contributed by atoms with van der Waals surface area (Å²) in [5.41, 5.74) is 0.696. The van der Waals surface area contributed by atoms with Gasteiger partial charge in [0.05, 0.1) is 17.6 Å². The summed E-state index contributed by atoms with van der Waals surface area (Å²) in [6.45, 7) is 6.74. The topological polar surface area (TPSA) is 66.8 Å². The van der Waals surface area contributed by atoms with Crippen molar-refractivity contribution < 1.29 is 18.3 Å². The van der Waals surface area contributed by atoms with E-state index in [4.69, 9.17) is 4.74 Å². The second kappa shape index (κ2) is 7.89. The lowest BCUT2D eigenvalue weighted by molar-refractivity contribution is 0.175. The number of aliphatic hydroxyl groups excluding tert-OH is 1. The Morgan fingerprint density at radius 1 is 1.19 bits per heavy atom. The molecule has 1 aromatic carbocycles. The fourth-order valence-corrected chi connectivity index (χ4v) is 3.56. The zero-order valence-corrected chi connectivity index (χ0v) is 13.9. The van der Waals surface area contributed by atoms with Crippen LogP contribution >= 0.6 is 0 Å². The molecule has 1 rings (SSSR count). The lowest BCUT2D eigenvalue weighted by atomic mass is 10.1. The van der Waals surface area contributed by atoms with Gasteiger partial charge in [0.2, 0.25) is 10.0 Å². The van der Waals surface area contributed by atoms with Gasteiger partial charge in [-0.3, -0.25) is 0 Å². The molecule has 1 atom stereocenters. The first kappa shape index (κ1) is 18.1. The molecule has 0 fully saturated rings. The number of nitrogens with zero attached hydrogens (tertiary/aromatic N) is 1. The first-order valence-electron chi connectivity index (χ1n) is 7.06. The Kier molecular flexibility index (Phi) is 6.80.